The van der Waals surface area contributed by atoms with Crippen LogP contribution in [0.5, 0.6) is 17.2 Å². The fourth-order valence-electron chi connectivity index (χ4n) is 2.55. The van der Waals surface area contributed by atoms with Crippen LogP contribution in [0.15, 0.2) is 42.5 Å². The van der Waals surface area contributed by atoms with E-state index in [2.05, 4.69) is 10.0 Å². The molecule has 2 N–H and O–H groups in total. The summed E-state index contributed by atoms with van der Waals surface area (Å²) in [4.78, 5) is 12.2. The molecule has 1 heterocycles. The van der Waals surface area contributed by atoms with Crippen LogP contribution in [-0.2, 0) is 16.6 Å². The number of amides is 1. The Morgan fingerprint density at radius 3 is 2.74 bits per heavy atom. The molecule has 0 radical (unpaired) electrons. The Morgan fingerprint density at radius 1 is 1.15 bits per heavy atom. The minimum absolute atomic E-state index is 0.0193. The van der Waals surface area contributed by atoms with Crippen LogP contribution in [0.25, 0.3) is 0 Å². The molecule has 1 aliphatic rings. The second kappa shape index (κ2) is 8.28. The number of benzene rings is 2. The van der Waals surface area contributed by atoms with Gasteiger partial charge >= 0.3 is 0 Å². The smallest absolute Gasteiger partial charge is 0.251 e. The number of sulfonamides is 1. The van der Waals surface area contributed by atoms with Crippen molar-refractivity contribution in [3.8, 4) is 17.2 Å². The fourth-order valence-corrected chi connectivity index (χ4v) is 3.44. The van der Waals surface area contributed by atoms with Gasteiger partial charge in [-0.1, -0.05) is 18.2 Å². The Bertz CT molecular complexity index is 929. The molecule has 9 heteroatoms. The summed E-state index contributed by atoms with van der Waals surface area (Å²) >= 11 is 0. The van der Waals surface area contributed by atoms with E-state index in [-0.39, 0.29) is 31.5 Å². The quantitative estimate of drug-likeness (QED) is 0.701. The van der Waals surface area contributed by atoms with E-state index in [9.17, 15) is 13.2 Å². The zero-order valence-corrected chi connectivity index (χ0v) is 15.5. The summed E-state index contributed by atoms with van der Waals surface area (Å²) in [6.07, 6.45) is 0. The van der Waals surface area contributed by atoms with Crippen molar-refractivity contribution in [3.05, 3.63) is 53.6 Å². The van der Waals surface area contributed by atoms with Crippen LogP contribution < -0.4 is 24.2 Å². The first-order valence-electron chi connectivity index (χ1n) is 8.25. The van der Waals surface area contributed by atoms with Gasteiger partial charge in [0.25, 0.3) is 5.91 Å². The van der Waals surface area contributed by atoms with Crippen LogP contribution in [0.2, 0.25) is 0 Å². The van der Waals surface area contributed by atoms with Gasteiger partial charge < -0.3 is 19.5 Å². The van der Waals surface area contributed by atoms with Crippen molar-refractivity contribution < 1.29 is 27.4 Å². The molecule has 1 aliphatic heterocycles. The summed E-state index contributed by atoms with van der Waals surface area (Å²) in [5, 5.41) is 2.59. The van der Waals surface area contributed by atoms with Crippen LogP contribution in [0, 0.1) is 0 Å². The van der Waals surface area contributed by atoms with Crippen molar-refractivity contribution in [2.75, 3.05) is 26.2 Å². The third-order valence-electron chi connectivity index (χ3n) is 3.97. The van der Waals surface area contributed by atoms with Gasteiger partial charge in [-0.3, -0.25) is 4.79 Å². The average molecular weight is 392 g/mol. The van der Waals surface area contributed by atoms with Gasteiger partial charge in [0.2, 0.25) is 16.8 Å². The number of methoxy groups -OCH3 is 1. The highest BCUT2D eigenvalue weighted by Gasteiger charge is 2.17. The lowest BCUT2D eigenvalue weighted by Gasteiger charge is -2.10. The normalized spacial score (nSPS) is 12.6. The van der Waals surface area contributed by atoms with Crippen molar-refractivity contribution in [2.45, 2.75) is 6.54 Å². The maximum Gasteiger partial charge on any atom is 0.251 e. The monoisotopic (exact) mass is 392 g/mol. The summed E-state index contributed by atoms with van der Waals surface area (Å²) in [7, 11) is -2.03. The molecule has 27 heavy (non-hydrogen) atoms. The number of para-hydroxylation sites is 1. The van der Waals surface area contributed by atoms with Gasteiger partial charge in [0.05, 0.1) is 12.9 Å². The summed E-state index contributed by atoms with van der Waals surface area (Å²) in [5.74, 6) is 1.06. The SMILES string of the molecule is COc1ccccc1CNS(=O)(=O)CCNC(=O)c1ccc2c(c1)OCO2. The van der Waals surface area contributed by atoms with Crippen LogP contribution in [0.3, 0.4) is 0 Å². The first-order chi connectivity index (χ1) is 13.0. The Balaban J connectivity index is 1.49. The van der Waals surface area contributed by atoms with E-state index in [1.54, 1.807) is 36.4 Å². The molecule has 2 aromatic carbocycles. The van der Waals surface area contributed by atoms with E-state index in [4.69, 9.17) is 14.2 Å². The standard InChI is InChI=1S/C18H20N2O6S/c1-24-15-5-3-2-4-14(15)11-20-27(22,23)9-8-19-18(21)13-6-7-16-17(10-13)26-12-25-16/h2-7,10,20H,8-9,11-12H2,1H3,(H,19,21). The topological polar surface area (TPSA) is 103 Å². The van der Waals surface area contributed by atoms with Gasteiger partial charge in [-0.25, -0.2) is 13.1 Å². The molecule has 0 saturated heterocycles. The number of hydrogen-bond donors (Lipinski definition) is 2. The second-order valence-electron chi connectivity index (χ2n) is 5.78. The number of carbonyl (C=O) groups is 1. The van der Waals surface area contributed by atoms with Crippen LogP contribution in [-0.4, -0.2) is 40.5 Å². The molecule has 8 nitrogen and oxygen atoms in total. The molecule has 0 unspecified atom stereocenters. The predicted octanol–water partition coefficient (Wildman–Crippen LogP) is 1.27. The first kappa shape index (κ1) is 19.0. The molecule has 0 bridgehead atoms. The van der Waals surface area contributed by atoms with Crippen molar-refractivity contribution in [2.24, 2.45) is 0 Å². The minimum Gasteiger partial charge on any atom is -0.496 e. The third kappa shape index (κ3) is 4.89. The van der Waals surface area contributed by atoms with Gasteiger partial charge in [-0.15, -0.1) is 0 Å². The Kier molecular flexibility index (Phi) is 5.82. The molecule has 0 atom stereocenters. The lowest BCUT2D eigenvalue weighted by atomic mass is 10.2. The molecule has 0 aliphatic carbocycles. The molecule has 1 amide bonds. The maximum atomic E-state index is 12.2. The summed E-state index contributed by atoms with van der Waals surface area (Å²) < 4.78 is 42.4. The maximum absolute atomic E-state index is 12.2. The number of carbonyl (C=O) groups excluding carboxylic acids is 1. The number of hydrogen-bond acceptors (Lipinski definition) is 6. The molecule has 0 aromatic heterocycles. The number of ether oxygens (including phenoxy) is 3. The molecular weight excluding hydrogens is 372 g/mol. The van der Waals surface area contributed by atoms with Gasteiger partial charge in [0.1, 0.15) is 5.75 Å². The highest BCUT2D eigenvalue weighted by Crippen LogP contribution is 2.32. The zero-order valence-electron chi connectivity index (χ0n) is 14.7. The largest absolute Gasteiger partial charge is 0.496 e. The van der Waals surface area contributed by atoms with Crippen molar-refractivity contribution in [1.29, 1.82) is 0 Å². The average Bonchev–Trinajstić information content (AvgIpc) is 3.14. The highest BCUT2D eigenvalue weighted by atomic mass is 32.2. The zero-order chi connectivity index (χ0) is 19.3. The van der Waals surface area contributed by atoms with Crippen LogP contribution >= 0.6 is 0 Å². The van der Waals surface area contributed by atoms with Crippen molar-refractivity contribution >= 4 is 15.9 Å². The van der Waals surface area contributed by atoms with E-state index in [1.807, 2.05) is 6.07 Å². The highest BCUT2D eigenvalue weighted by molar-refractivity contribution is 7.89. The summed E-state index contributed by atoms with van der Waals surface area (Å²) in [6.45, 7) is 0.216. The Morgan fingerprint density at radius 2 is 1.93 bits per heavy atom. The molecule has 2 aromatic rings. The molecule has 0 spiro atoms. The molecular formula is C18H20N2O6S. The van der Waals surface area contributed by atoms with Crippen LogP contribution in [0.1, 0.15) is 15.9 Å². The lowest BCUT2D eigenvalue weighted by Crippen LogP contribution is -2.34. The molecule has 0 saturated carbocycles. The van der Waals surface area contributed by atoms with Gasteiger partial charge in [0, 0.05) is 24.2 Å². The summed E-state index contributed by atoms with van der Waals surface area (Å²) in [6, 6.07) is 11.9. The number of rotatable bonds is 8. The predicted molar refractivity (Wildman–Crippen MR) is 98.5 cm³/mol. The minimum atomic E-state index is -3.56. The van der Waals surface area contributed by atoms with Gasteiger partial charge in [-0.2, -0.15) is 0 Å². The van der Waals surface area contributed by atoms with Crippen LogP contribution in [0.4, 0.5) is 0 Å². The second-order valence-corrected chi connectivity index (χ2v) is 7.70. The van der Waals surface area contributed by atoms with Crippen molar-refractivity contribution in [1.82, 2.24) is 10.0 Å². The molecule has 3 rings (SSSR count). The Labute approximate surface area is 157 Å². The van der Waals surface area contributed by atoms with E-state index in [0.717, 1.165) is 5.56 Å². The fraction of sp³-hybridized carbons (Fsp3) is 0.278. The number of nitrogens with one attached hydrogen (secondary N) is 2. The number of fused-ring (bicyclic) bond motifs is 1. The van der Waals surface area contributed by atoms with Crippen molar-refractivity contribution in [3.63, 3.8) is 0 Å². The third-order valence-corrected chi connectivity index (χ3v) is 5.29. The summed E-state index contributed by atoms with van der Waals surface area (Å²) in [5.41, 5.74) is 1.10. The first-order valence-corrected chi connectivity index (χ1v) is 9.91. The molecule has 144 valence electrons. The lowest BCUT2D eigenvalue weighted by molar-refractivity contribution is 0.0955. The van der Waals surface area contributed by atoms with E-state index in [0.29, 0.717) is 22.8 Å². The molecule has 0 fully saturated rings. The Hall–Kier alpha value is -2.78. The van der Waals surface area contributed by atoms with E-state index < -0.39 is 10.0 Å². The van der Waals surface area contributed by atoms with Gasteiger partial charge in [-0.05, 0) is 24.3 Å². The van der Waals surface area contributed by atoms with E-state index >= 15 is 0 Å². The van der Waals surface area contributed by atoms with E-state index in [1.165, 1.54) is 7.11 Å². The van der Waals surface area contributed by atoms with Gasteiger partial charge in [0.15, 0.2) is 11.5 Å².